The number of hydrogen-bond donors (Lipinski definition) is 4. The predicted octanol–water partition coefficient (Wildman–Crippen LogP) is 4.27. The van der Waals surface area contributed by atoms with E-state index in [9.17, 15) is 9.79 Å². The van der Waals surface area contributed by atoms with Crippen LogP contribution in [-0.2, 0) is 55.8 Å². The zero-order valence-electron chi connectivity index (χ0n) is 14.9. The van der Waals surface area contributed by atoms with Gasteiger partial charge < -0.3 is 19.6 Å². The smallest absolute Gasteiger partial charge is 0.197 e. The summed E-state index contributed by atoms with van der Waals surface area (Å²) in [7, 11) is -4.54. The summed E-state index contributed by atoms with van der Waals surface area (Å²) in [6.07, 6.45) is 10.4. The molecule has 0 aromatic rings. The highest BCUT2D eigenvalue weighted by molar-refractivity contribution is 8.14. The van der Waals surface area contributed by atoms with Crippen LogP contribution in [0.4, 0.5) is 0 Å². The Labute approximate surface area is 183 Å². The topological polar surface area (TPSA) is 99.4 Å². The summed E-state index contributed by atoms with van der Waals surface area (Å²) in [6.45, 7) is -5.66. The third-order valence-corrected chi connectivity index (χ3v) is 17.0. The van der Waals surface area contributed by atoms with E-state index < -0.39 is 27.3 Å². The van der Waals surface area contributed by atoms with Gasteiger partial charge in [-0.05, 0) is 98.1 Å². The first-order chi connectivity index (χ1) is 12.5. The van der Waals surface area contributed by atoms with Crippen LogP contribution in [0.1, 0.15) is 64.2 Å². The quantitative estimate of drug-likeness (QED) is 0.371. The lowest BCUT2D eigenvalue weighted by molar-refractivity contribution is 0.407. The number of fused-ring (bicyclic) bond motifs is 2. The van der Waals surface area contributed by atoms with Crippen LogP contribution in [0.5, 0.6) is 0 Å². The molecule has 3 fully saturated rings. The zero-order valence-corrected chi connectivity index (χ0v) is 21.9. The monoisotopic (exact) mass is 532 g/mol. The molecule has 2 bridgehead atoms. The van der Waals surface area contributed by atoms with Crippen molar-refractivity contribution >= 4 is 74.5 Å². The fourth-order valence-electron chi connectivity index (χ4n) is 4.35. The van der Waals surface area contributed by atoms with E-state index in [0.717, 1.165) is 57.8 Å². The van der Waals surface area contributed by atoms with E-state index >= 15 is 0 Å². The van der Waals surface area contributed by atoms with Gasteiger partial charge in [0.2, 0.25) is 0 Å². The third-order valence-electron chi connectivity index (χ3n) is 5.75. The molecule has 3 aliphatic carbocycles. The van der Waals surface area contributed by atoms with Gasteiger partial charge in [-0.1, -0.05) is 19.3 Å². The van der Waals surface area contributed by atoms with Crippen LogP contribution in [0.2, 0.25) is 0 Å². The first kappa shape index (κ1) is 25.6. The second-order valence-electron chi connectivity index (χ2n) is 7.46. The maximum Gasteiger partial charge on any atom is 0.197 e. The van der Waals surface area contributed by atoms with Crippen molar-refractivity contribution in [2.24, 2.45) is 5.92 Å². The maximum atomic E-state index is 10.2. The van der Waals surface area contributed by atoms with E-state index in [1.807, 2.05) is 0 Å². The maximum absolute atomic E-state index is 10.2. The van der Waals surface area contributed by atoms with Gasteiger partial charge in [0.1, 0.15) is 0 Å². The molecule has 0 aliphatic heterocycles. The normalized spacial score (nSPS) is 34.7. The van der Waals surface area contributed by atoms with Crippen LogP contribution < -0.4 is 0 Å². The molecule has 3 rings (SSSR count). The molecular weight excluding hydrogens is 504 g/mol. The summed E-state index contributed by atoms with van der Waals surface area (Å²) in [5.74, 6) is 0.715. The Hall–Kier alpha value is 2.36. The van der Waals surface area contributed by atoms with Gasteiger partial charge in [-0.25, -0.2) is 0 Å². The van der Waals surface area contributed by atoms with Crippen molar-refractivity contribution in [1.82, 2.24) is 0 Å². The van der Waals surface area contributed by atoms with Gasteiger partial charge >= 0.3 is 0 Å². The molecule has 0 amide bonds. The van der Waals surface area contributed by atoms with Crippen molar-refractivity contribution < 1.29 is 28.2 Å². The molecule has 160 valence electrons. The molecule has 0 aromatic carbocycles. The van der Waals surface area contributed by atoms with Crippen LogP contribution >= 0.6 is 27.3 Å². The molecule has 3 aliphatic rings. The van der Waals surface area contributed by atoms with Gasteiger partial charge in [0.15, 0.2) is 27.3 Å². The standard InChI is InChI=1S/C7H14O3P2S2.C6H14O3P2S2/c8-11(13)10-12(9,14)7-3-1-6(5-7)2-4-7;7-10(12)9-11(8,13)6-4-2-1-3-5-6/h6,11H,1-5H2,(H,8,13)(H,9,14);6,10H,1-5H2,(H,7,12)(H,8,13). The molecule has 0 heterocycles. The van der Waals surface area contributed by atoms with Gasteiger partial charge in [0.05, 0.1) is 0 Å². The molecule has 0 aromatic heterocycles. The Morgan fingerprint density at radius 1 is 0.852 bits per heavy atom. The fourth-order valence-corrected chi connectivity index (χ4v) is 15.3. The van der Waals surface area contributed by atoms with Crippen molar-refractivity contribution in [3.63, 3.8) is 0 Å². The number of hydrogen-bond acceptors (Lipinski definition) is 6. The summed E-state index contributed by atoms with van der Waals surface area (Å²) in [5.41, 5.74) is 0.0614. The minimum Gasteiger partial charge on any atom is -0.347 e. The van der Waals surface area contributed by atoms with Crippen molar-refractivity contribution in [3.05, 3.63) is 0 Å². The van der Waals surface area contributed by atoms with Gasteiger partial charge in [-0.15, -0.1) is 0 Å². The molecule has 4 N–H and O–H groups in total. The van der Waals surface area contributed by atoms with Crippen LogP contribution in [0, 0.1) is 5.92 Å². The van der Waals surface area contributed by atoms with Crippen molar-refractivity contribution in [2.45, 2.75) is 75.0 Å². The van der Waals surface area contributed by atoms with Crippen LogP contribution in [-0.4, -0.2) is 30.4 Å². The van der Waals surface area contributed by atoms with Crippen LogP contribution in [0.3, 0.4) is 0 Å². The van der Waals surface area contributed by atoms with E-state index in [4.69, 9.17) is 42.0 Å². The molecule has 3 saturated carbocycles. The van der Waals surface area contributed by atoms with E-state index in [-0.39, 0.29) is 10.8 Å². The third kappa shape index (κ3) is 7.19. The molecule has 0 saturated heterocycles. The highest BCUT2D eigenvalue weighted by Gasteiger charge is 2.54. The SMILES string of the molecule is O[PH](=S)OP(O)(=S)C12CCC(CC1)C2.O[PH](=S)OP(O)(=S)C1CCCCC1. The molecule has 27 heavy (non-hydrogen) atoms. The predicted molar refractivity (Wildman–Crippen MR) is 127 cm³/mol. The van der Waals surface area contributed by atoms with Crippen molar-refractivity contribution in [2.75, 3.05) is 0 Å². The van der Waals surface area contributed by atoms with Crippen molar-refractivity contribution in [3.8, 4) is 0 Å². The lowest BCUT2D eigenvalue weighted by Gasteiger charge is -2.33. The Morgan fingerprint density at radius 2 is 1.37 bits per heavy atom. The first-order valence-corrected chi connectivity index (χ1v) is 19.4. The second-order valence-corrected chi connectivity index (χ2v) is 19.0. The Morgan fingerprint density at radius 3 is 1.78 bits per heavy atom. The number of rotatable bonds is 6. The lowest BCUT2D eigenvalue weighted by Crippen LogP contribution is -2.22. The van der Waals surface area contributed by atoms with Gasteiger partial charge in [-0.3, -0.25) is 8.62 Å². The van der Waals surface area contributed by atoms with Gasteiger partial charge in [0, 0.05) is 10.8 Å². The molecule has 4 atom stereocenters. The molecule has 4 unspecified atom stereocenters. The second kappa shape index (κ2) is 10.8. The summed E-state index contributed by atoms with van der Waals surface area (Å²) < 4.78 is 10.0. The summed E-state index contributed by atoms with van der Waals surface area (Å²) in [4.78, 5) is 38.0. The van der Waals surface area contributed by atoms with E-state index in [0.29, 0.717) is 5.92 Å². The van der Waals surface area contributed by atoms with Gasteiger partial charge in [-0.2, -0.15) is 0 Å². The minimum absolute atomic E-state index is 0.0614. The minimum atomic E-state index is -2.86. The van der Waals surface area contributed by atoms with Crippen LogP contribution in [0.15, 0.2) is 0 Å². The highest BCUT2D eigenvalue weighted by Crippen LogP contribution is 2.72. The molecule has 0 spiro atoms. The summed E-state index contributed by atoms with van der Waals surface area (Å²) in [6, 6.07) is 0. The summed E-state index contributed by atoms with van der Waals surface area (Å²) >= 11 is 19.3. The van der Waals surface area contributed by atoms with Crippen molar-refractivity contribution in [1.29, 1.82) is 0 Å². The largest absolute Gasteiger partial charge is 0.347 e. The zero-order chi connectivity index (χ0) is 20.3. The Balaban J connectivity index is 0.000000194. The summed E-state index contributed by atoms with van der Waals surface area (Å²) in [5, 5.41) is -0.204. The Kier molecular flexibility index (Phi) is 10.2. The average molecular weight is 533 g/mol. The molecule has 14 heteroatoms. The van der Waals surface area contributed by atoms with Gasteiger partial charge in [0.25, 0.3) is 0 Å². The van der Waals surface area contributed by atoms with E-state index in [1.165, 1.54) is 6.42 Å². The molecule has 6 nitrogen and oxygen atoms in total. The molecular formula is C13H28O6P4S4. The fraction of sp³-hybridized carbons (Fsp3) is 1.00. The Bertz CT molecular complexity index is 663. The highest BCUT2D eigenvalue weighted by atomic mass is 32.5. The first-order valence-electron chi connectivity index (χ1n) is 8.98. The lowest BCUT2D eigenvalue weighted by atomic mass is 10.0. The average Bonchev–Trinajstić information content (AvgIpc) is 3.17. The molecule has 0 radical (unpaired) electrons. The van der Waals surface area contributed by atoms with Crippen LogP contribution in [0.25, 0.3) is 0 Å². The van der Waals surface area contributed by atoms with E-state index in [1.54, 1.807) is 0 Å². The van der Waals surface area contributed by atoms with E-state index in [2.05, 4.69) is 23.6 Å².